The van der Waals surface area contributed by atoms with E-state index < -0.39 is 18.1 Å². The van der Waals surface area contributed by atoms with E-state index in [1.165, 1.54) is 0 Å². The summed E-state index contributed by atoms with van der Waals surface area (Å²) in [6.45, 7) is 4.46. The van der Waals surface area contributed by atoms with Crippen LogP contribution in [0.4, 0.5) is 0 Å². The lowest BCUT2D eigenvalue weighted by Crippen LogP contribution is -2.46. The molecule has 3 atom stereocenters. The van der Waals surface area contributed by atoms with Crippen molar-refractivity contribution in [2.45, 2.75) is 51.7 Å². The van der Waals surface area contributed by atoms with E-state index in [4.69, 9.17) is 0 Å². The van der Waals surface area contributed by atoms with E-state index in [2.05, 4.69) is 17.6 Å². The van der Waals surface area contributed by atoms with Crippen LogP contribution in [0.5, 0.6) is 0 Å². The molecule has 0 aliphatic heterocycles. The summed E-state index contributed by atoms with van der Waals surface area (Å²) in [5.41, 5.74) is 1.18. The fourth-order valence-electron chi connectivity index (χ4n) is 4.91. The molecule has 4 rings (SSSR count). The Morgan fingerprint density at radius 1 is 0.872 bits per heavy atom. The smallest absolute Gasteiger partial charge is 0.252 e. The number of aliphatic hydroxyl groups excluding tert-OH is 1. The molecule has 0 aliphatic carbocycles. The predicted octanol–water partition coefficient (Wildman–Crippen LogP) is 5.00. The minimum atomic E-state index is -0.961. The largest absolute Gasteiger partial charge is 0.391 e. The maximum Gasteiger partial charge on any atom is 0.252 e. The SMILES string of the molecule is CCCCNC(=O)C(C)CC(O)C(Cc1ccccc1)NC(=O)c1cc2ccccc2c(=O)c2ccccc12. The summed E-state index contributed by atoms with van der Waals surface area (Å²) < 4.78 is 0. The van der Waals surface area contributed by atoms with Gasteiger partial charge in [-0.25, -0.2) is 0 Å². The van der Waals surface area contributed by atoms with Crippen molar-refractivity contribution in [3.8, 4) is 0 Å². The zero-order valence-corrected chi connectivity index (χ0v) is 22.5. The van der Waals surface area contributed by atoms with Gasteiger partial charge in [0.15, 0.2) is 5.43 Å². The second-order valence-corrected chi connectivity index (χ2v) is 10.1. The highest BCUT2D eigenvalue weighted by atomic mass is 16.3. The number of unbranched alkanes of at least 4 members (excludes halogenated alkanes) is 1. The van der Waals surface area contributed by atoms with Crippen LogP contribution in [0.1, 0.15) is 49.0 Å². The van der Waals surface area contributed by atoms with Crippen LogP contribution >= 0.6 is 0 Å². The van der Waals surface area contributed by atoms with E-state index in [1.807, 2.05) is 48.5 Å². The third-order valence-electron chi connectivity index (χ3n) is 7.16. The fourth-order valence-corrected chi connectivity index (χ4v) is 4.91. The number of carbonyl (C=O) groups excluding carboxylic acids is 2. The molecule has 0 saturated heterocycles. The van der Waals surface area contributed by atoms with Crippen molar-refractivity contribution in [1.29, 1.82) is 0 Å². The van der Waals surface area contributed by atoms with Gasteiger partial charge in [-0.05, 0) is 41.7 Å². The summed E-state index contributed by atoms with van der Waals surface area (Å²) in [6, 6.07) is 25.1. The lowest BCUT2D eigenvalue weighted by Gasteiger charge is -2.26. The van der Waals surface area contributed by atoms with Crippen LogP contribution < -0.4 is 16.1 Å². The van der Waals surface area contributed by atoms with Gasteiger partial charge in [0.1, 0.15) is 0 Å². The Morgan fingerprint density at radius 3 is 2.23 bits per heavy atom. The molecule has 0 aromatic heterocycles. The molecular formula is C33H36N2O4. The second kappa shape index (κ2) is 13.2. The first-order valence-corrected chi connectivity index (χ1v) is 13.6. The zero-order valence-electron chi connectivity index (χ0n) is 22.5. The molecule has 0 saturated carbocycles. The van der Waals surface area contributed by atoms with E-state index in [9.17, 15) is 19.5 Å². The Bertz CT molecular complexity index is 1500. The predicted molar refractivity (Wildman–Crippen MR) is 157 cm³/mol. The normalized spacial score (nSPS) is 13.5. The number of carbonyl (C=O) groups is 2. The van der Waals surface area contributed by atoms with E-state index >= 15 is 0 Å². The van der Waals surface area contributed by atoms with Crippen molar-refractivity contribution in [2.24, 2.45) is 5.92 Å². The van der Waals surface area contributed by atoms with E-state index in [0.29, 0.717) is 40.1 Å². The summed E-state index contributed by atoms with van der Waals surface area (Å²) in [7, 11) is 0. The zero-order chi connectivity index (χ0) is 27.8. The Labute approximate surface area is 229 Å². The van der Waals surface area contributed by atoms with Crippen LogP contribution in [-0.2, 0) is 11.2 Å². The van der Waals surface area contributed by atoms with Crippen LogP contribution in [0.15, 0.2) is 89.7 Å². The van der Waals surface area contributed by atoms with Crippen molar-refractivity contribution >= 4 is 33.4 Å². The molecule has 6 nitrogen and oxygen atoms in total. The van der Waals surface area contributed by atoms with Crippen molar-refractivity contribution in [2.75, 3.05) is 6.54 Å². The molecule has 3 N–H and O–H groups in total. The maximum atomic E-state index is 13.8. The van der Waals surface area contributed by atoms with Crippen LogP contribution in [0, 0.1) is 5.92 Å². The highest BCUT2D eigenvalue weighted by molar-refractivity contribution is 6.10. The molecule has 0 fully saturated rings. The lowest BCUT2D eigenvalue weighted by molar-refractivity contribution is -0.125. The first-order chi connectivity index (χ1) is 18.9. The first-order valence-electron chi connectivity index (χ1n) is 13.6. The number of aliphatic hydroxyl groups is 1. The molecule has 6 heteroatoms. The minimum Gasteiger partial charge on any atom is -0.391 e. The van der Waals surface area contributed by atoms with Gasteiger partial charge < -0.3 is 15.7 Å². The van der Waals surface area contributed by atoms with E-state index in [-0.39, 0.29) is 23.7 Å². The Kier molecular flexibility index (Phi) is 9.45. The number of rotatable bonds is 11. The number of nitrogens with one attached hydrogen (secondary N) is 2. The van der Waals surface area contributed by atoms with Gasteiger partial charge in [0, 0.05) is 28.8 Å². The van der Waals surface area contributed by atoms with Crippen molar-refractivity contribution < 1.29 is 14.7 Å². The number of amides is 2. The molecule has 202 valence electrons. The molecule has 0 radical (unpaired) electrons. The molecular weight excluding hydrogens is 488 g/mol. The highest BCUT2D eigenvalue weighted by Crippen LogP contribution is 2.21. The quantitative estimate of drug-likeness (QED) is 0.241. The highest BCUT2D eigenvalue weighted by Gasteiger charge is 2.27. The minimum absolute atomic E-state index is 0.109. The summed E-state index contributed by atoms with van der Waals surface area (Å²) >= 11 is 0. The molecule has 0 aliphatic rings. The molecule has 4 aromatic carbocycles. The molecule has 0 bridgehead atoms. The van der Waals surface area contributed by atoms with Crippen molar-refractivity contribution in [3.05, 3.63) is 106 Å². The van der Waals surface area contributed by atoms with Crippen LogP contribution in [0.2, 0.25) is 0 Å². The lowest BCUT2D eigenvalue weighted by atomic mass is 9.93. The average molecular weight is 525 g/mol. The van der Waals surface area contributed by atoms with Gasteiger partial charge in [-0.3, -0.25) is 14.4 Å². The van der Waals surface area contributed by atoms with Gasteiger partial charge in [0.25, 0.3) is 5.91 Å². The molecule has 4 aromatic rings. The van der Waals surface area contributed by atoms with Crippen LogP contribution in [0.3, 0.4) is 0 Å². The number of hydrogen-bond donors (Lipinski definition) is 3. The van der Waals surface area contributed by atoms with E-state index in [1.54, 1.807) is 43.3 Å². The number of hydrogen-bond acceptors (Lipinski definition) is 4. The Morgan fingerprint density at radius 2 is 1.51 bits per heavy atom. The molecule has 0 heterocycles. The van der Waals surface area contributed by atoms with Crippen LogP contribution in [0.25, 0.3) is 21.5 Å². The van der Waals surface area contributed by atoms with Gasteiger partial charge >= 0.3 is 0 Å². The van der Waals surface area contributed by atoms with Gasteiger partial charge in [0.2, 0.25) is 5.91 Å². The third kappa shape index (κ3) is 6.89. The van der Waals surface area contributed by atoms with Gasteiger partial charge in [-0.2, -0.15) is 0 Å². The van der Waals surface area contributed by atoms with E-state index in [0.717, 1.165) is 18.4 Å². The Hall–Kier alpha value is -4.03. The number of benzene rings is 3. The molecule has 2 amide bonds. The number of fused-ring (bicyclic) bond motifs is 2. The molecule has 0 spiro atoms. The van der Waals surface area contributed by atoms with Crippen LogP contribution in [-0.4, -0.2) is 35.6 Å². The summed E-state index contributed by atoms with van der Waals surface area (Å²) in [4.78, 5) is 39.7. The monoisotopic (exact) mass is 524 g/mol. The van der Waals surface area contributed by atoms with Crippen molar-refractivity contribution in [3.63, 3.8) is 0 Å². The second-order valence-electron chi connectivity index (χ2n) is 10.1. The summed E-state index contributed by atoms with van der Waals surface area (Å²) in [5, 5.41) is 19.5. The average Bonchev–Trinajstić information content (AvgIpc) is 3.08. The molecule has 3 unspecified atom stereocenters. The van der Waals surface area contributed by atoms with Crippen molar-refractivity contribution in [1.82, 2.24) is 10.6 Å². The maximum absolute atomic E-state index is 13.8. The standard InChI is InChI=1S/C33H36N2O4/c1-3-4-18-34-32(38)22(2)19-30(36)29(20-23-12-6-5-7-13-23)35-33(39)28-21-24-14-8-9-15-25(24)31(37)27-17-11-10-16-26(27)28/h5-17,21-22,29-30,36H,3-4,18-20H2,1-2H3,(H,34,38)(H,35,39). The van der Waals surface area contributed by atoms with Gasteiger partial charge in [0.05, 0.1) is 12.1 Å². The first kappa shape index (κ1) is 28.0. The third-order valence-corrected chi connectivity index (χ3v) is 7.16. The molecule has 39 heavy (non-hydrogen) atoms. The van der Waals surface area contributed by atoms with Gasteiger partial charge in [-0.15, -0.1) is 0 Å². The van der Waals surface area contributed by atoms with Gasteiger partial charge in [-0.1, -0.05) is 99.1 Å². The summed E-state index contributed by atoms with van der Waals surface area (Å²) in [6.07, 6.45) is 1.51. The Balaban J connectivity index is 1.66. The fraction of sp³-hybridized carbons (Fsp3) is 0.303. The topological polar surface area (TPSA) is 95.5 Å². The summed E-state index contributed by atoms with van der Waals surface area (Å²) in [5.74, 6) is -0.913.